The van der Waals surface area contributed by atoms with Crippen LogP contribution in [0.2, 0.25) is 0 Å². The second kappa shape index (κ2) is 6.55. The minimum absolute atomic E-state index is 0.165. The van der Waals surface area contributed by atoms with E-state index in [4.69, 9.17) is 10.7 Å². The molecule has 1 aliphatic carbocycles. The van der Waals surface area contributed by atoms with Crippen LogP contribution < -0.4 is 5.73 Å². The first-order valence-electron chi connectivity index (χ1n) is 9.19. The number of fused-ring (bicyclic) bond motifs is 1. The molecule has 24 heavy (non-hydrogen) atoms. The molecule has 0 spiro atoms. The van der Waals surface area contributed by atoms with Gasteiger partial charge in [0.2, 0.25) is 5.91 Å². The van der Waals surface area contributed by atoms with Crippen LogP contribution in [0.25, 0.3) is 11.0 Å². The summed E-state index contributed by atoms with van der Waals surface area (Å²) < 4.78 is 0. The summed E-state index contributed by atoms with van der Waals surface area (Å²) >= 11 is 0. The maximum Gasteiger partial charge on any atom is 0.226 e. The Morgan fingerprint density at radius 1 is 1.21 bits per heavy atom. The van der Waals surface area contributed by atoms with E-state index in [-0.39, 0.29) is 5.92 Å². The molecule has 5 nitrogen and oxygen atoms in total. The number of hydrogen-bond donors (Lipinski definition) is 2. The molecule has 2 fully saturated rings. The van der Waals surface area contributed by atoms with Crippen LogP contribution in [-0.4, -0.2) is 40.4 Å². The third kappa shape index (κ3) is 2.81. The number of rotatable bonds is 3. The number of likely N-dealkylation sites (tertiary alicyclic amines) is 1. The SMILES string of the molecule is NC[C@H]1CCC[C@H]1C(=O)N1CCC(c2nc3ccccc3[nH]2)CC1. The van der Waals surface area contributed by atoms with Gasteiger partial charge in [0.25, 0.3) is 0 Å². The molecule has 1 aliphatic heterocycles. The molecule has 2 aliphatic rings. The van der Waals surface area contributed by atoms with E-state index in [0.717, 1.165) is 62.1 Å². The third-order valence-electron chi connectivity index (χ3n) is 5.88. The normalized spacial score (nSPS) is 25.5. The molecule has 5 heteroatoms. The van der Waals surface area contributed by atoms with Crippen LogP contribution in [0.3, 0.4) is 0 Å². The highest BCUT2D eigenvalue weighted by Crippen LogP contribution is 2.34. The Morgan fingerprint density at radius 3 is 2.75 bits per heavy atom. The zero-order valence-electron chi connectivity index (χ0n) is 14.1. The van der Waals surface area contributed by atoms with E-state index in [2.05, 4.69) is 16.0 Å². The van der Waals surface area contributed by atoms with E-state index in [1.165, 1.54) is 0 Å². The van der Waals surface area contributed by atoms with Crippen LogP contribution in [0.1, 0.15) is 43.8 Å². The number of nitrogens with two attached hydrogens (primary N) is 1. The maximum absolute atomic E-state index is 12.8. The summed E-state index contributed by atoms with van der Waals surface area (Å²) in [4.78, 5) is 23.1. The predicted molar refractivity (Wildman–Crippen MR) is 94.5 cm³/mol. The summed E-state index contributed by atoms with van der Waals surface area (Å²) in [7, 11) is 0. The van der Waals surface area contributed by atoms with Gasteiger partial charge in [0.15, 0.2) is 0 Å². The number of para-hydroxylation sites is 2. The van der Waals surface area contributed by atoms with Crippen LogP contribution in [0, 0.1) is 11.8 Å². The summed E-state index contributed by atoms with van der Waals surface area (Å²) in [6, 6.07) is 8.16. The first kappa shape index (κ1) is 15.6. The predicted octanol–water partition coefficient (Wildman–Crippen LogP) is 2.64. The zero-order chi connectivity index (χ0) is 16.5. The molecule has 0 radical (unpaired) electrons. The van der Waals surface area contributed by atoms with Crippen molar-refractivity contribution in [3.05, 3.63) is 30.1 Å². The van der Waals surface area contributed by atoms with Crippen molar-refractivity contribution in [1.82, 2.24) is 14.9 Å². The number of H-pyrrole nitrogens is 1. The van der Waals surface area contributed by atoms with Gasteiger partial charge in [-0.1, -0.05) is 18.6 Å². The summed E-state index contributed by atoms with van der Waals surface area (Å²) in [5.74, 6) is 2.40. The van der Waals surface area contributed by atoms with E-state index < -0.39 is 0 Å². The smallest absolute Gasteiger partial charge is 0.226 e. The van der Waals surface area contributed by atoms with Gasteiger partial charge < -0.3 is 15.6 Å². The third-order valence-corrected chi connectivity index (χ3v) is 5.88. The average molecular weight is 326 g/mol. The Kier molecular flexibility index (Phi) is 4.27. The second-order valence-electron chi connectivity index (χ2n) is 7.27. The number of aromatic nitrogens is 2. The van der Waals surface area contributed by atoms with Crippen LogP contribution in [0.4, 0.5) is 0 Å². The number of benzene rings is 1. The van der Waals surface area contributed by atoms with Gasteiger partial charge >= 0.3 is 0 Å². The van der Waals surface area contributed by atoms with Crippen molar-refractivity contribution < 1.29 is 4.79 Å². The summed E-state index contributed by atoms with van der Waals surface area (Å²) in [5.41, 5.74) is 7.97. The van der Waals surface area contributed by atoms with E-state index in [0.29, 0.717) is 24.3 Å². The fourth-order valence-corrected chi connectivity index (χ4v) is 4.42. The number of hydrogen-bond acceptors (Lipinski definition) is 3. The first-order chi connectivity index (χ1) is 11.8. The zero-order valence-corrected chi connectivity index (χ0v) is 14.1. The standard InChI is InChI=1S/C19H26N4O/c20-12-14-4-3-5-15(14)19(24)23-10-8-13(9-11-23)18-21-16-6-1-2-7-17(16)22-18/h1-2,6-7,13-15H,3-5,8-12,20H2,(H,21,22)/t14-,15-/m1/s1. The molecular formula is C19H26N4O. The summed E-state index contributed by atoms with van der Waals surface area (Å²) in [6.45, 7) is 2.33. The second-order valence-corrected chi connectivity index (χ2v) is 7.27. The van der Waals surface area contributed by atoms with Crippen molar-refractivity contribution >= 4 is 16.9 Å². The van der Waals surface area contributed by atoms with Gasteiger partial charge in [-0.15, -0.1) is 0 Å². The lowest BCUT2D eigenvalue weighted by atomic mass is 9.91. The van der Waals surface area contributed by atoms with E-state index >= 15 is 0 Å². The molecule has 128 valence electrons. The first-order valence-corrected chi connectivity index (χ1v) is 9.19. The lowest BCUT2D eigenvalue weighted by Gasteiger charge is -2.34. The average Bonchev–Trinajstić information content (AvgIpc) is 3.27. The Balaban J connectivity index is 1.40. The number of imidazole rings is 1. The van der Waals surface area contributed by atoms with Crippen molar-refractivity contribution in [3.63, 3.8) is 0 Å². The number of amides is 1. The highest BCUT2D eigenvalue weighted by molar-refractivity contribution is 5.79. The Morgan fingerprint density at radius 2 is 2.00 bits per heavy atom. The molecule has 0 bridgehead atoms. The van der Waals surface area contributed by atoms with Crippen LogP contribution in [-0.2, 0) is 4.79 Å². The number of aromatic amines is 1. The number of piperidine rings is 1. The van der Waals surface area contributed by atoms with Crippen LogP contribution in [0.15, 0.2) is 24.3 Å². The van der Waals surface area contributed by atoms with Gasteiger partial charge in [-0.2, -0.15) is 0 Å². The molecule has 1 aromatic heterocycles. The fourth-order valence-electron chi connectivity index (χ4n) is 4.42. The minimum Gasteiger partial charge on any atom is -0.342 e. The molecular weight excluding hydrogens is 300 g/mol. The molecule has 2 atom stereocenters. The van der Waals surface area contributed by atoms with Gasteiger partial charge in [0.1, 0.15) is 5.82 Å². The topological polar surface area (TPSA) is 75.0 Å². The van der Waals surface area contributed by atoms with Gasteiger partial charge in [-0.3, -0.25) is 4.79 Å². The van der Waals surface area contributed by atoms with Crippen molar-refractivity contribution in [1.29, 1.82) is 0 Å². The van der Waals surface area contributed by atoms with Gasteiger partial charge in [-0.25, -0.2) is 4.98 Å². The van der Waals surface area contributed by atoms with E-state index in [1.807, 2.05) is 18.2 Å². The number of carbonyl (C=O) groups excluding carboxylic acids is 1. The van der Waals surface area contributed by atoms with Crippen molar-refractivity contribution in [3.8, 4) is 0 Å². The lowest BCUT2D eigenvalue weighted by Crippen LogP contribution is -2.43. The molecule has 2 aromatic rings. The van der Waals surface area contributed by atoms with Crippen molar-refractivity contribution in [2.45, 2.75) is 38.0 Å². The molecule has 4 rings (SSSR count). The van der Waals surface area contributed by atoms with Gasteiger partial charge in [0, 0.05) is 24.9 Å². The molecule has 1 saturated heterocycles. The summed E-state index contributed by atoms with van der Waals surface area (Å²) in [5, 5.41) is 0. The van der Waals surface area contributed by atoms with Gasteiger partial charge in [0.05, 0.1) is 11.0 Å². The quantitative estimate of drug-likeness (QED) is 0.910. The van der Waals surface area contributed by atoms with E-state index in [1.54, 1.807) is 0 Å². The molecule has 0 unspecified atom stereocenters. The van der Waals surface area contributed by atoms with Crippen LogP contribution in [0.5, 0.6) is 0 Å². The number of nitrogens with zero attached hydrogens (tertiary/aromatic N) is 2. The largest absolute Gasteiger partial charge is 0.342 e. The highest BCUT2D eigenvalue weighted by atomic mass is 16.2. The monoisotopic (exact) mass is 326 g/mol. The Bertz CT molecular complexity index is 684. The lowest BCUT2D eigenvalue weighted by molar-refractivity contribution is -0.137. The molecule has 1 aromatic carbocycles. The number of carbonyl (C=O) groups is 1. The Hall–Kier alpha value is -1.88. The molecule has 1 amide bonds. The molecule has 1 saturated carbocycles. The summed E-state index contributed by atoms with van der Waals surface area (Å²) in [6.07, 6.45) is 5.26. The Labute approximate surface area is 142 Å². The van der Waals surface area contributed by atoms with Crippen molar-refractivity contribution in [2.75, 3.05) is 19.6 Å². The van der Waals surface area contributed by atoms with E-state index in [9.17, 15) is 4.79 Å². The molecule has 2 heterocycles. The van der Waals surface area contributed by atoms with Crippen molar-refractivity contribution in [2.24, 2.45) is 17.6 Å². The number of nitrogens with one attached hydrogen (secondary N) is 1. The van der Waals surface area contributed by atoms with Gasteiger partial charge in [-0.05, 0) is 50.3 Å². The van der Waals surface area contributed by atoms with Crippen LogP contribution >= 0.6 is 0 Å². The molecule has 3 N–H and O–H groups in total. The fraction of sp³-hybridized carbons (Fsp3) is 0.579. The minimum atomic E-state index is 0.165. The highest BCUT2D eigenvalue weighted by Gasteiger charge is 2.36. The maximum atomic E-state index is 12.8.